The van der Waals surface area contributed by atoms with Crippen LogP contribution in [-0.2, 0) is 16.2 Å². The van der Waals surface area contributed by atoms with E-state index in [9.17, 15) is 21.6 Å². The standard InChI is InChI=1S/C14H9ClF3N3O2S/c1-9-5-13(12(7-19)20-8-9)21(15)24(22,23)11-4-2-3-10(6-11)14(16,17)18/h2-6,8H,1H3. The highest BCUT2D eigenvalue weighted by Gasteiger charge is 2.33. The van der Waals surface area contributed by atoms with Crippen molar-refractivity contribution in [2.45, 2.75) is 18.0 Å². The van der Waals surface area contributed by atoms with Crippen LogP contribution in [0, 0.1) is 18.3 Å². The van der Waals surface area contributed by atoms with Crippen molar-refractivity contribution in [1.29, 1.82) is 5.26 Å². The molecular formula is C14H9ClF3N3O2S. The minimum atomic E-state index is -4.70. The predicted octanol–water partition coefficient (Wildman–Crippen LogP) is 3.63. The van der Waals surface area contributed by atoms with Crippen molar-refractivity contribution in [2.24, 2.45) is 0 Å². The van der Waals surface area contributed by atoms with Gasteiger partial charge in [-0.25, -0.2) is 4.98 Å². The number of aryl methyl sites for hydroxylation is 1. The maximum atomic E-state index is 12.8. The van der Waals surface area contributed by atoms with Gasteiger partial charge < -0.3 is 0 Å². The number of anilines is 1. The van der Waals surface area contributed by atoms with Gasteiger partial charge in [-0.3, -0.25) is 0 Å². The molecule has 1 aromatic carbocycles. The van der Waals surface area contributed by atoms with Crippen LogP contribution >= 0.6 is 11.8 Å². The molecule has 0 fully saturated rings. The summed E-state index contributed by atoms with van der Waals surface area (Å²) in [6, 6.07) is 6.13. The average molecular weight is 376 g/mol. The van der Waals surface area contributed by atoms with Crippen LogP contribution in [0.4, 0.5) is 18.9 Å². The van der Waals surface area contributed by atoms with Gasteiger partial charge in [-0.05, 0) is 36.8 Å². The van der Waals surface area contributed by atoms with Crippen molar-refractivity contribution in [3.63, 3.8) is 0 Å². The minimum Gasteiger partial charge on any atom is -0.243 e. The predicted molar refractivity (Wildman–Crippen MR) is 80.7 cm³/mol. The summed E-state index contributed by atoms with van der Waals surface area (Å²) < 4.78 is 63.5. The lowest BCUT2D eigenvalue weighted by atomic mass is 10.2. The average Bonchev–Trinajstić information content (AvgIpc) is 2.53. The normalized spacial score (nSPS) is 11.8. The van der Waals surface area contributed by atoms with Gasteiger partial charge in [0.15, 0.2) is 5.69 Å². The van der Waals surface area contributed by atoms with Crippen LogP contribution in [0.1, 0.15) is 16.8 Å². The first-order chi connectivity index (χ1) is 11.1. The molecular weight excluding hydrogens is 367 g/mol. The summed E-state index contributed by atoms with van der Waals surface area (Å²) in [5.74, 6) is 0. The maximum absolute atomic E-state index is 12.8. The number of hydrogen-bond acceptors (Lipinski definition) is 4. The van der Waals surface area contributed by atoms with E-state index in [1.165, 1.54) is 12.3 Å². The second kappa shape index (κ2) is 6.30. The third-order valence-electron chi connectivity index (χ3n) is 2.97. The lowest BCUT2D eigenvalue weighted by Crippen LogP contribution is -2.23. The molecule has 126 valence electrons. The van der Waals surface area contributed by atoms with Gasteiger partial charge in [-0.15, -0.1) is 0 Å². The van der Waals surface area contributed by atoms with Gasteiger partial charge in [0.2, 0.25) is 0 Å². The van der Waals surface area contributed by atoms with Crippen molar-refractivity contribution < 1.29 is 21.6 Å². The molecule has 1 aromatic heterocycles. The fourth-order valence-electron chi connectivity index (χ4n) is 1.83. The number of benzene rings is 1. The van der Waals surface area contributed by atoms with Crippen LogP contribution in [0.3, 0.4) is 0 Å². The molecule has 0 saturated carbocycles. The van der Waals surface area contributed by atoms with Gasteiger partial charge in [0, 0.05) is 18.0 Å². The Hall–Kier alpha value is -2.31. The van der Waals surface area contributed by atoms with Gasteiger partial charge in [0.1, 0.15) is 11.8 Å². The molecule has 0 unspecified atom stereocenters. The number of pyridine rings is 1. The van der Waals surface area contributed by atoms with Gasteiger partial charge in [-0.2, -0.15) is 30.7 Å². The molecule has 0 bridgehead atoms. The summed E-state index contributed by atoms with van der Waals surface area (Å²) in [4.78, 5) is 3.10. The molecule has 0 amide bonds. The fraction of sp³-hybridized carbons (Fsp3) is 0.143. The molecule has 24 heavy (non-hydrogen) atoms. The van der Waals surface area contributed by atoms with Crippen LogP contribution in [0.2, 0.25) is 0 Å². The summed E-state index contributed by atoms with van der Waals surface area (Å²) in [6.07, 6.45) is -3.37. The Morgan fingerprint density at radius 2 is 1.96 bits per heavy atom. The number of aromatic nitrogens is 1. The SMILES string of the molecule is Cc1cnc(C#N)c(N(Cl)S(=O)(=O)c2cccc(C(F)(F)F)c2)c1. The molecule has 0 spiro atoms. The Morgan fingerprint density at radius 1 is 1.29 bits per heavy atom. The molecule has 5 nitrogen and oxygen atoms in total. The Morgan fingerprint density at radius 3 is 2.54 bits per heavy atom. The van der Waals surface area contributed by atoms with Crippen molar-refractivity contribution in [2.75, 3.05) is 3.82 Å². The van der Waals surface area contributed by atoms with Crippen LogP contribution < -0.4 is 3.82 Å². The third-order valence-corrected chi connectivity index (χ3v) is 5.17. The quantitative estimate of drug-likeness (QED) is 0.768. The Labute approximate surface area is 141 Å². The molecule has 0 aliphatic heterocycles. The summed E-state index contributed by atoms with van der Waals surface area (Å²) in [5.41, 5.74) is -1.12. The first kappa shape index (κ1) is 18.0. The first-order valence-electron chi connectivity index (χ1n) is 6.32. The molecule has 0 atom stereocenters. The second-order valence-corrected chi connectivity index (χ2v) is 7.06. The minimum absolute atomic E-state index is 0.223. The Bertz CT molecular complexity index is 924. The maximum Gasteiger partial charge on any atom is 0.416 e. The molecule has 2 rings (SSSR count). The second-order valence-electron chi connectivity index (χ2n) is 4.74. The van der Waals surface area contributed by atoms with E-state index < -0.39 is 26.7 Å². The number of hydrogen-bond donors (Lipinski definition) is 0. The number of nitriles is 1. The van der Waals surface area contributed by atoms with E-state index in [4.69, 9.17) is 17.0 Å². The lowest BCUT2D eigenvalue weighted by molar-refractivity contribution is -0.137. The molecule has 10 heteroatoms. The summed E-state index contributed by atoms with van der Waals surface area (Å²) in [6.45, 7) is 1.60. The van der Waals surface area contributed by atoms with Crippen molar-refractivity contribution >= 4 is 27.5 Å². The smallest absolute Gasteiger partial charge is 0.243 e. The largest absolute Gasteiger partial charge is 0.416 e. The molecule has 2 aromatic rings. The number of rotatable bonds is 3. The Kier molecular flexibility index (Phi) is 4.73. The number of nitrogens with zero attached hydrogens (tertiary/aromatic N) is 3. The van der Waals surface area contributed by atoms with Gasteiger partial charge in [0.05, 0.1) is 10.5 Å². The van der Waals surface area contributed by atoms with Gasteiger partial charge in [0.25, 0.3) is 10.0 Å². The van der Waals surface area contributed by atoms with E-state index in [1.807, 2.05) is 0 Å². The highest BCUT2D eigenvalue weighted by Crippen LogP contribution is 2.33. The van der Waals surface area contributed by atoms with Crippen LogP contribution in [0.15, 0.2) is 41.4 Å². The number of halogens is 4. The zero-order chi connectivity index (χ0) is 18.1. The molecule has 0 N–H and O–H groups in total. The molecule has 0 saturated heterocycles. The van der Waals surface area contributed by atoms with E-state index in [0.29, 0.717) is 11.6 Å². The topological polar surface area (TPSA) is 74.1 Å². The van der Waals surface area contributed by atoms with E-state index in [2.05, 4.69) is 4.98 Å². The third kappa shape index (κ3) is 3.44. The summed E-state index contributed by atoms with van der Waals surface area (Å²) in [7, 11) is -4.52. The van der Waals surface area contributed by atoms with Gasteiger partial charge in [-0.1, -0.05) is 6.07 Å². The van der Waals surface area contributed by atoms with Crippen LogP contribution in [0.25, 0.3) is 0 Å². The molecule has 0 aliphatic rings. The summed E-state index contributed by atoms with van der Waals surface area (Å²) >= 11 is 5.83. The van der Waals surface area contributed by atoms with E-state index in [1.54, 1.807) is 13.0 Å². The lowest BCUT2D eigenvalue weighted by Gasteiger charge is -2.18. The van der Waals surface area contributed by atoms with Crippen molar-refractivity contribution in [1.82, 2.24) is 4.98 Å². The summed E-state index contributed by atoms with van der Waals surface area (Å²) in [5, 5.41) is 9.00. The zero-order valence-corrected chi connectivity index (χ0v) is 13.6. The van der Waals surface area contributed by atoms with E-state index in [0.717, 1.165) is 18.2 Å². The van der Waals surface area contributed by atoms with E-state index >= 15 is 0 Å². The fourth-order valence-corrected chi connectivity index (χ4v) is 3.31. The Balaban J connectivity index is 2.56. The monoisotopic (exact) mass is 375 g/mol. The first-order valence-corrected chi connectivity index (χ1v) is 8.10. The number of sulfonamides is 1. The van der Waals surface area contributed by atoms with Crippen molar-refractivity contribution in [3.8, 4) is 6.07 Å². The zero-order valence-electron chi connectivity index (χ0n) is 12.0. The highest BCUT2D eigenvalue weighted by molar-refractivity contribution is 7.94. The molecule has 1 heterocycles. The molecule has 0 radical (unpaired) electrons. The van der Waals surface area contributed by atoms with Crippen LogP contribution in [0.5, 0.6) is 0 Å². The highest BCUT2D eigenvalue weighted by atomic mass is 35.5. The van der Waals surface area contributed by atoms with Crippen LogP contribution in [-0.4, -0.2) is 13.4 Å². The van der Waals surface area contributed by atoms with Crippen molar-refractivity contribution in [3.05, 3.63) is 53.3 Å². The van der Waals surface area contributed by atoms with E-state index in [-0.39, 0.29) is 15.2 Å². The number of alkyl halides is 3. The van der Waals surface area contributed by atoms with Gasteiger partial charge >= 0.3 is 6.18 Å². The molecule has 0 aliphatic carbocycles.